The lowest BCUT2D eigenvalue weighted by atomic mass is 9.87. The van der Waals surface area contributed by atoms with Crippen LogP contribution in [0.5, 0.6) is 0 Å². The summed E-state index contributed by atoms with van der Waals surface area (Å²) in [5, 5.41) is 0.341. The van der Waals surface area contributed by atoms with Crippen molar-refractivity contribution in [2.24, 2.45) is 5.73 Å². The summed E-state index contributed by atoms with van der Waals surface area (Å²) in [6.45, 7) is 8.91. The van der Waals surface area contributed by atoms with E-state index in [1.54, 1.807) is 0 Å². The summed E-state index contributed by atoms with van der Waals surface area (Å²) in [7, 11) is 0. The van der Waals surface area contributed by atoms with Crippen LogP contribution in [0.15, 0.2) is 59.5 Å². The Hall–Kier alpha value is -1.25. The smallest absolute Gasteiger partial charge is 0.0416 e. The fourth-order valence-corrected chi connectivity index (χ4v) is 3.29. The van der Waals surface area contributed by atoms with Crippen molar-refractivity contribution >= 4 is 11.8 Å². The Morgan fingerprint density at radius 3 is 2.00 bits per heavy atom. The van der Waals surface area contributed by atoms with Crippen LogP contribution in [0, 0.1) is 0 Å². The minimum absolute atomic E-state index is 0.0542. The predicted molar refractivity (Wildman–Crippen MR) is 93.8 cm³/mol. The lowest BCUT2D eigenvalue weighted by Crippen LogP contribution is -2.20. The van der Waals surface area contributed by atoms with Crippen molar-refractivity contribution in [2.75, 3.05) is 0 Å². The molecule has 0 amide bonds. The monoisotopic (exact) mass is 299 g/mol. The molecule has 0 aromatic heterocycles. The second-order valence-corrected chi connectivity index (χ2v) is 7.98. The van der Waals surface area contributed by atoms with Crippen molar-refractivity contribution in [1.29, 1.82) is 0 Å². The first-order chi connectivity index (χ1) is 9.88. The third kappa shape index (κ3) is 4.36. The van der Waals surface area contributed by atoms with E-state index in [1.807, 2.05) is 30.0 Å². The molecule has 2 rings (SSSR count). The Labute approximate surface area is 133 Å². The first kappa shape index (κ1) is 16.1. The second-order valence-electron chi connectivity index (χ2n) is 6.53. The maximum Gasteiger partial charge on any atom is 0.0416 e. The van der Waals surface area contributed by atoms with E-state index in [-0.39, 0.29) is 11.5 Å². The SMILES string of the molecule is CC(Sc1ccc(C(C)(C)C)cc1)C(N)c1ccccc1. The third-order valence-corrected chi connectivity index (χ3v) is 4.94. The van der Waals surface area contributed by atoms with Gasteiger partial charge in [0.1, 0.15) is 0 Å². The Morgan fingerprint density at radius 1 is 0.905 bits per heavy atom. The molecule has 21 heavy (non-hydrogen) atoms. The Kier molecular flexibility index (Phi) is 5.13. The molecule has 0 fully saturated rings. The van der Waals surface area contributed by atoms with E-state index in [2.05, 4.69) is 64.1 Å². The van der Waals surface area contributed by atoms with Crippen LogP contribution in [0.2, 0.25) is 0 Å². The minimum Gasteiger partial charge on any atom is -0.323 e. The zero-order valence-electron chi connectivity index (χ0n) is 13.3. The molecule has 0 radical (unpaired) electrons. The van der Waals surface area contributed by atoms with Gasteiger partial charge in [0.25, 0.3) is 0 Å². The first-order valence-electron chi connectivity index (χ1n) is 7.45. The molecule has 0 saturated carbocycles. The fourth-order valence-electron chi connectivity index (χ4n) is 2.27. The van der Waals surface area contributed by atoms with Gasteiger partial charge < -0.3 is 5.73 Å². The quantitative estimate of drug-likeness (QED) is 0.789. The summed E-state index contributed by atoms with van der Waals surface area (Å²) >= 11 is 1.84. The number of hydrogen-bond donors (Lipinski definition) is 1. The standard InChI is InChI=1S/C19H25NS/c1-14(18(20)15-8-6-5-7-9-15)21-17-12-10-16(11-13-17)19(2,3)4/h5-14,18H,20H2,1-4H3. The molecule has 0 saturated heterocycles. The van der Waals surface area contributed by atoms with E-state index in [0.29, 0.717) is 5.25 Å². The molecule has 2 atom stereocenters. The van der Waals surface area contributed by atoms with E-state index in [1.165, 1.54) is 16.0 Å². The van der Waals surface area contributed by atoms with Gasteiger partial charge in [-0.3, -0.25) is 0 Å². The Balaban J connectivity index is 2.04. The fraction of sp³-hybridized carbons (Fsp3) is 0.368. The van der Waals surface area contributed by atoms with Crippen LogP contribution >= 0.6 is 11.8 Å². The van der Waals surface area contributed by atoms with E-state index in [9.17, 15) is 0 Å². The second kappa shape index (κ2) is 6.67. The number of thioether (sulfide) groups is 1. The van der Waals surface area contributed by atoms with Crippen molar-refractivity contribution in [3.05, 3.63) is 65.7 Å². The normalized spacial score (nSPS) is 14.7. The molecule has 0 aliphatic carbocycles. The molecule has 0 heterocycles. The molecule has 1 nitrogen and oxygen atoms in total. The van der Waals surface area contributed by atoms with Crippen LogP contribution in [-0.2, 0) is 5.41 Å². The zero-order valence-corrected chi connectivity index (χ0v) is 14.2. The molecule has 2 N–H and O–H groups in total. The lowest BCUT2D eigenvalue weighted by Gasteiger charge is -2.21. The maximum atomic E-state index is 6.36. The largest absolute Gasteiger partial charge is 0.323 e. The molecule has 0 spiro atoms. The van der Waals surface area contributed by atoms with Gasteiger partial charge in [0.2, 0.25) is 0 Å². The lowest BCUT2D eigenvalue weighted by molar-refractivity contribution is 0.589. The highest BCUT2D eigenvalue weighted by atomic mass is 32.2. The highest BCUT2D eigenvalue weighted by molar-refractivity contribution is 8.00. The molecule has 0 aliphatic heterocycles. The van der Waals surface area contributed by atoms with Gasteiger partial charge in [-0.05, 0) is 28.7 Å². The molecule has 2 heteroatoms. The molecule has 2 aromatic rings. The molecule has 2 aromatic carbocycles. The van der Waals surface area contributed by atoms with E-state index < -0.39 is 0 Å². The number of rotatable bonds is 4. The molecular weight excluding hydrogens is 274 g/mol. The highest BCUT2D eigenvalue weighted by Gasteiger charge is 2.17. The summed E-state index contributed by atoms with van der Waals surface area (Å²) in [5.74, 6) is 0. The van der Waals surface area contributed by atoms with Crippen LogP contribution in [0.4, 0.5) is 0 Å². The average molecular weight is 299 g/mol. The van der Waals surface area contributed by atoms with Crippen molar-refractivity contribution in [3.8, 4) is 0 Å². The minimum atomic E-state index is 0.0542. The van der Waals surface area contributed by atoms with Gasteiger partial charge in [0.15, 0.2) is 0 Å². The first-order valence-corrected chi connectivity index (χ1v) is 8.33. The molecule has 0 bridgehead atoms. The summed E-state index contributed by atoms with van der Waals surface area (Å²) in [6, 6.07) is 19.2. The van der Waals surface area contributed by atoms with Gasteiger partial charge in [-0.1, -0.05) is 70.2 Å². The number of benzene rings is 2. The van der Waals surface area contributed by atoms with Crippen LogP contribution in [0.1, 0.15) is 44.9 Å². The summed E-state index contributed by atoms with van der Waals surface area (Å²) < 4.78 is 0. The molecule has 112 valence electrons. The van der Waals surface area contributed by atoms with E-state index in [4.69, 9.17) is 5.73 Å². The van der Waals surface area contributed by atoms with Crippen LogP contribution < -0.4 is 5.73 Å². The predicted octanol–water partition coefficient (Wildman–Crippen LogP) is 5.16. The number of hydrogen-bond acceptors (Lipinski definition) is 2. The third-order valence-electron chi connectivity index (χ3n) is 3.73. The summed E-state index contributed by atoms with van der Waals surface area (Å²) in [4.78, 5) is 1.28. The van der Waals surface area contributed by atoms with Gasteiger partial charge in [0, 0.05) is 16.2 Å². The summed E-state index contributed by atoms with van der Waals surface area (Å²) in [6.07, 6.45) is 0. The van der Waals surface area contributed by atoms with Gasteiger partial charge >= 0.3 is 0 Å². The van der Waals surface area contributed by atoms with Gasteiger partial charge in [-0.2, -0.15) is 0 Å². The van der Waals surface area contributed by atoms with Gasteiger partial charge in [-0.25, -0.2) is 0 Å². The molecule has 2 unspecified atom stereocenters. The van der Waals surface area contributed by atoms with E-state index >= 15 is 0 Å². The average Bonchev–Trinajstić information content (AvgIpc) is 2.47. The molecular formula is C19H25NS. The zero-order chi connectivity index (χ0) is 15.5. The topological polar surface area (TPSA) is 26.0 Å². The van der Waals surface area contributed by atoms with Crippen molar-refractivity contribution < 1.29 is 0 Å². The van der Waals surface area contributed by atoms with Crippen LogP contribution in [0.25, 0.3) is 0 Å². The molecule has 0 aliphatic rings. The highest BCUT2D eigenvalue weighted by Crippen LogP contribution is 2.32. The van der Waals surface area contributed by atoms with Gasteiger partial charge in [0.05, 0.1) is 0 Å². The number of nitrogens with two attached hydrogens (primary N) is 1. The summed E-state index contributed by atoms with van der Waals surface area (Å²) in [5.41, 5.74) is 9.13. The van der Waals surface area contributed by atoms with Crippen LogP contribution in [0.3, 0.4) is 0 Å². The van der Waals surface area contributed by atoms with E-state index in [0.717, 1.165) is 0 Å². The van der Waals surface area contributed by atoms with Gasteiger partial charge in [-0.15, -0.1) is 11.8 Å². The van der Waals surface area contributed by atoms with Crippen molar-refractivity contribution in [3.63, 3.8) is 0 Å². The van der Waals surface area contributed by atoms with Crippen molar-refractivity contribution in [2.45, 2.75) is 49.3 Å². The maximum absolute atomic E-state index is 6.36. The van der Waals surface area contributed by atoms with Crippen molar-refractivity contribution in [1.82, 2.24) is 0 Å². The Bertz CT molecular complexity index is 554. The van der Waals surface area contributed by atoms with Crippen LogP contribution in [-0.4, -0.2) is 5.25 Å². The Morgan fingerprint density at radius 2 is 1.48 bits per heavy atom.